The molecule has 0 spiro atoms. The molecular formula is C17H21FN6O. The van der Waals surface area contributed by atoms with Crippen LogP contribution < -0.4 is 16.6 Å². The van der Waals surface area contributed by atoms with Gasteiger partial charge in [0.1, 0.15) is 11.7 Å². The van der Waals surface area contributed by atoms with Crippen LogP contribution in [0.1, 0.15) is 32.4 Å². The van der Waals surface area contributed by atoms with Gasteiger partial charge in [-0.2, -0.15) is 5.10 Å². The lowest BCUT2D eigenvalue weighted by atomic mass is 9.74. The molecular weight excluding hydrogens is 323 g/mol. The van der Waals surface area contributed by atoms with Crippen molar-refractivity contribution in [3.8, 4) is 0 Å². The van der Waals surface area contributed by atoms with E-state index in [0.29, 0.717) is 22.6 Å². The summed E-state index contributed by atoms with van der Waals surface area (Å²) in [6, 6.07) is 2.43. The van der Waals surface area contributed by atoms with Gasteiger partial charge in [-0.1, -0.05) is 20.8 Å². The highest BCUT2D eigenvalue weighted by Crippen LogP contribution is 2.43. The average molecular weight is 344 g/mol. The van der Waals surface area contributed by atoms with E-state index in [1.54, 1.807) is 7.05 Å². The fourth-order valence-corrected chi connectivity index (χ4v) is 3.38. The minimum Gasteiger partial charge on any atom is -0.390 e. The van der Waals surface area contributed by atoms with Gasteiger partial charge < -0.3 is 11.1 Å². The fourth-order valence-electron chi connectivity index (χ4n) is 3.38. The van der Waals surface area contributed by atoms with Crippen molar-refractivity contribution in [2.75, 3.05) is 12.4 Å². The smallest absolute Gasteiger partial charge is 0.272 e. The van der Waals surface area contributed by atoms with Crippen molar-refractivity contribution in [3.63, 3.8) is 0 Å². The number of anilines is 1. The Balaban J connectivity index is 2.38. The Labute approximate surface area is 144 Å². The number of amidine groups is 1. The number of nitrogens with zero attached hydrogens (tertiary/aromatic N) is 3. The van der Waals surface area contributed by atoms with E-state index in [4.69, 9.17) is 5.73 Å². The van der Waals surface area contributed by atoms with Crippen LogP contribution in [0.15, 0.2) is 26.9 Å². The number of nitrogens with one attached hydrogen (secondary N) is 2. The number of hydrogen-bond donors (Lipinski definition) is 3. The van der Waals surface area contributed by atoms with Crippen molar-refractivity contribution in [1.82, 2.24) is 10.2 Å². The summed E-state index contributed by atoms with van der Waals surface area (Å²) in [5, 5.41) is 10.9. The largest absolute Gasteiger partial charge is 0.390 e. The molecule has 0 aliphatic carbocycles. The Hall–Kier alpha value is -2.77. The van der Waals surface area contributed by atoms with Crippen LogP contribution in [0, 0.1) is 11.2 Å². The molecule has 2 aromatic rings. The van der Waals surface area contributed by atoms with Crippen LogP contribution in [0.25, 0.3) is 10.8 Å². The molecule has 4 N–H and O–H groups in total. The zero-order valence-corrected chi connectivity index (χ0v) is 14.6. The van der Waals surface area contributed by atoms with Gasteiger partial charge in [0.2, 0.25) is 0 Å². The summed E-state index contributed by atoms with van der Waals surface area (Å²) in [4.78, 5) is 20.6. The molecule has 8 heteroatoms. The van der Waals surface area contributed by atoms with Gasteiger partial charge in [-0.05, 0) is 17.5 Å². The Morgan fingerprint density at radius 2 is 2.12 bits per heavy atom. The van der Waals surface area contributed by atoms with Crippen molar-refractivity contribution in [2.24, 2.45) is 21.1 Å². The summed E-state index contributed by atoms with van der Waals surface area (Å²) < 4.78 is 14.0. The standard InChI is InChI=1S/C17H21FN6O/c1-17(2,3)14-12(15(20-4)21-7-19)13-11-9(16(25)24-23-13)5-8(18)6-10(11)22-14/h5-7,12,14,22H,1-4H3,(H,24,25)(H2,19,20,21)/t12-,14-/m0/s1. The number of nitrogens with two attached hydrogens (primary N) is 1. The number of aliphatic imine (C=N–C) groups is 2. The lowest BCUT2D eigenvalue weighted by Gasteiger charge is -2.41. The second-order valence-corrected chi connectivity index (χ2v) is 7.14. The molecule has 0 amide bonds. The minimum atomic E-state index is -0.479. The maximum atomic E-state index is 14.0. The van der Waals surface area contributed by atoms with E-state index in [1.807, 2.05) is 0 Å². The number of hydrogen-bond acceptors (Lipinski definition) is 4. The second kappa shape index (κ2) is 5.94. The van der Waals surface area contributed by atoms with E-state index in [1.165, 1.54) is 18.5 Å². The molecule has 0 bridgehead atoms. The number of benzene rings is 1. The lowest BCUT2D eigenvalue weighted by molar-refractivity contribution is 0.322. The predicted molar refractivity (Wildman–Crippen MR) is 98.0 cm³/mol. The molecule has 0 radical (unpaired) electrons. The number of aromatic nitrogens is 2. The third-order valence-corrected chi connectivity index (χ3v) is 4.47. The Kier molecular flexibility index (Phi) is 4.06. The molecule has 2 atom stereocenters. The third kappa shape index (κ3) is 2.77. The minimum absolute atomic E-state index is 0.175. The van der Waals surface area contributed by atoms with Crippen LogP contribution in [-0.4, -0.2) is 35.5 Å². The Bertz CT molecular complexity index is 941. The van der Waals surface area contributed by atoms with E-state index in [0.717, 1.165) is 0 Å². The molecule has 0 saturated carbocycles. The molecule has 2 heterocycles. The molecule has 3 rings (SSSR count). The summed E-state index contributed by atoms with van der Waals surface area (Å²) in [5.41, 5.74) is 5.97. The zero-order chi connectivity index (χ0) is 18.4. The average Bonchev–Trinajstić information content (AvgIpc) is 2.54. The molecule has 1 aliphatic rings. The summed E-state index contributed by atoms with van der Waals surface area (Å²) in [6.45, 7) is 6.18. The molecule has 1 aliphatic heterocycles. The lowest BCUT2D eigenvalue weighted by Crippen LogP contribution is -2.45. The van der Waals surface area contributed by atoms with Crippen LogP contribution in [0.5, 0.6) is 0 Å². The van der Waals surface area contributed by atoms with E-state index < -0.39 is 11.4 Å². The van der Waals surface area contributed by atoms with Crippen LogP contribution in [0.4, 0.5) is 10.1 Å². The maximum absolute atomic E-state index is 14.0. The monoisotopic (exact) mass is 344 g/mol. The van der Waals surface area contributed by atoms with Crippen LogP contribution in [-0.2, 0) is 0 Å². The predicted octanol–water partition coefficient (Wildman–Crippen LogP) is 2.00. The van der Waals surface area contributed by atoms with Crippen LogP contribution in [0.3, 0.4) is 0 Å². The number of halogens is 1. The molecule has 0 fully saturated rings. The van der Waals surface area contributed by atoms with Crippen molar-refractivity contribution >= 4 is 28.6 Å². The van der Waals surface area contributed by atoms with Gasteiger partial charge in [-0.25, -0.2) is 14.5 Å². The molecule has 25 heavy (non-hydrogen) atoms. The number of aromatic amines is 1. The number of H-pyrrole nitrogens is 1. The quantitative estimate of drug-likeness (QED) is 0.543. The first-order chi connectivity index (χ1) is 11.8. The molecule has 1 aromatic carbocycles. The van der Waals surface area contributed by atoms with Crippen molar-refractivity contribution in [1.29, 1.82) is 0 Å². The van der Waals surface area contributed by atoms with E-state index in [-0.39, 0.29) is 22.8 Å². The highest BCUT2D eigenvalue weighted by molar-refractivity contribution is 6.04. The summed E-state index contributed by atoms with van der Waals surface area (Å²) >= 11 is 0. The number of rotatable bonds is 1. The molecule has 132 valence electrons. The fraction of sp³-hybridized carbons (Fsp3) is 0.412. The zero-order valence-electron chi connectivity index (χ0n) is 14.6. The highest BCUT2D eigenvalue weighted by atomic mass is 19.1. The highest BCUT2D eigenvalue weighted by Gasteiger charge is 2.42. The van der Waals surface area contributed by atoms with Crippen molar-refractivity contribution in [2.45, 2.75) is 32.7 Å². The van der Waals surface area contributed by atoms with Gasteiger partial charge in [-0.3, -0.25) is 9.79 Å². The van der Waals surface area contributed by atoms with E-state index in [9.17, 15) is 9.18 Å². The summed E-state index contributed by atoms with van der Waals surface area (Å²) in [5.74, 6) is -0.332. The molecule has 1 aromatic heterocycles. The van der Waals surface area contributed by atoms with Gasteiger partial charge in [0.25, 0.3) is 5.56 Å². The first kappa shape index (κ1) is 17.1. The second-order valence-electron chi connectivity index (χ2n) is 7.14. The van der Waals surface area contributed by atoms with Crippen LogP contribution >= 0.6 is 0 Å². The topological polar surface area (TPSA) is 109 Å². The third-order valence-electron chi connectivity index (χ3n) is 4.47. The van der Waals surface area contributed by atoms with Gasteiger partial charge in [0.15, 0.2) is 0 Å². The van der Waals surface area contributed by atoms with Crippen LogP contribution in [0.2, 0.25) is 0 Å². The Morgan fingerprint density at radius 3 is 2.72 bits per heavy atom. The van der Waals surface area contributed by atoms with Gasteiger partial charge in [-0.15, -0.1) is 0 Å². The van der Waals surface area contributed by atoms with Gasteiger partial charge in [0.05, 0.1) is 23.3 Å². The summed E-state index contributed by atoms with van der Waals surface area (Å²) in [6.07, 6.45) is 1.19. The first-order valence-electron chi connectivity index (χ1n) is 7.97. The first-order valence-corrected chi connectivity index (χ1v) is 7.97. The molecule has 0 saturated heterocycles. The van der Waals surface area contributed by atoms with E-state index >= 15 is 0 Å². The molecule has 7 nitrogen and oxygen atoms in total. The summed E-state index contributed by atoms with van der Waals surface area (Å²) in [7, 11) is 1.63. The Morgan fingerprint density at radius 1 is 1.40 bits per heavy atom. The maximum Gasteiger partial charge on any atom is 0.272 e. The van der Waals surface area contributed by atoms with Gasteiger partial charge in [0, 0.05) is 24.2 Å². The van der Waals surface area contributed by atoms with Crippen molar-refractivity contribution < 1.29 is 4.39 Å². The van der Waals surface area contributed by atoms with Gasteiger partial charge >= 0.3 is 0 Å². The molecule has 0 unspecified atom stereocenters. The van der Waals surface area contributed by atoms with E-state index in [2.05, 4.69) is 46.3 Å². The normalized spacial score (nSPS) is 20.9. The SMILES string of the molecule is CN=C(N=CN)[C@H]1c2n[nH]c(=O)c3cc(F)cc(c23)N[C@@H]1C(C)(C)C. The van der Waals surface area contributed by atoms with Crippen molar-refractivity contribution in [3.05, 3.63) is 34.0 Å².